The number of hydrogen-bond donors (Lipinski definition) is 2. The lowest BCUT2D eigenvalue weighted by Gasteiger charge is -2.27. The zero-order chi connectivity index (χ0) is 25.3. The predicted molar refractivity (Wildman–Crippen MR) is 133 cm³/mol. The Labute approximate surface area is 207 Å². The summed E-state index contributed by atoms with van der Waals surface area (Å²) in [6.45, 7) is 2.92. The topological polar surface area (TPSA) is 106 Å². The molecule has 186 valence electrons. The molecule has 0 radical (unpaired) electrons. The first-order valence-electron chi connectivity index (χ1n) is 11.3. The molecule has 3 heterocycles. The second-order valence-electron chi connectivity index (χ2n) is 8.40. The number of halogens is 1. The van der Waals surface area contributed by atoms with E-state index in [-0.39, 0.29) is 22.4 Å². The van der Waals surface area contributed by atoms with Crippen molar-refractivity contribution in [3.8, 4) is 11.6 Å². The first-order valence-corrected chi connectivity index (χ1v) is 12.8. The second kappa shape index (κ2) is 9.59. The van der Waals surface area contributed by atoms with Crippen LogP contribution >= 0.6 is 0 Å². The largest absolute Gasteiger partial charge is 0.439 e. The molecule has 1 fully saturated rings. The van der Waals surface area contributed by atoms with Gasteiger partial charge in [-0.1, -0.05) is 0 Å². The van der Waals surface area contributed by atoms with Crippen LogP contribution in [0.2, 0.25) is 0 Å². The number of ether oxygens (including phenoxy) is 1. The first-order chi connectivity index (χ1) is 17.3. The van der Waals surface area contributed by atoms with Crippen LogP contribution in [0.25, 0.3) is 10.9 Å². The number of aromatic nitrogens is 2. The molecule has 1 saturated heterocycles. The first kappa shape index (κ1) is 23.8. The van der Waals surface area contributed by atoms with Crippen LogP contribution < -0.4 is 14.8 Å². The fourth-order valence-electron chi connectivity index (χ4n) is 4.06. The molecule has 0 bridgehead atoms. The molecule has 36 heavy (non-hydrogen) atoms. The summed E-state index contributed by atoms with van der Waals surface area (Å²) >= 11 is 0. The number of anilines is 1. The summed E-state index contributed by atoms with van der Waals surface area (Å²) in [7, 11) is -2.03. The lowest BCUT2D eigenvalue weighted by Crippen LogP contribution is -2.46. The molecule has 5 rings (SSSR count). The van der Waals surface area contributed by atoms with Crippen molar-refractivity contribution in [1.82, 2.24) is 19.8 Å². The fourth-order valence-corrected chi connectivity index (χ4v) is 5.10. The summed E-state index contributed by atoms with van der Waals surface area (Å²) in [6, 6.07) is 15.0. The molecular weight excluding hydrogens is 485 g/mol. The van der Waals surface area contributed by atoms with Gasteiger partial charge in [-0.25, -0.2) is 17.8 Å². The van der Waals surface area contributed by atoms with Crippen LogP contribution in [0.5, 0.6) is 11.6 Å². The molecule has 1 amide bonds. The zero-order valence-corrected chi connectivity index (χ0v) is 20.3. The standard InChI is InChI=1S/C25H24FN5O4S/c1-30-22-15-20(6-2-17(22)14-23(30)25(32)31-12-10-27-11-13-31)35-24-9-5-19(16-28-24)29-36(33,34)21-7-3-18(26)4-8-21/h2-9,14-16,27,29H,10-13H2,1H3. The van der Waals surface area contributed by atoms with Gasteiger partial charge in [0.05, 0.1) is 22.3 Å². The average Bonchev–Trinajstić information content (AvgIpc) is 3.21. The molecule has 2 aromatic carbocycles. The number of nitrogens with one attached hydrogen (secondary N) is 2. The highest BCUT2D eigenvalue weighted by molar-refractivity contribution is 7.92. The molecule has 2 N–H and O–H groups in total. The Bertz CT molecular complexity index is 1510. The molecule has 9 nitrogen and oxygen atoms in total. The highest BCUT2D eigenvalue weighted by Crippen LogP contribution is 2.28. The summed E-state index contributed by atoms with van der Waals surface area (Å²) in [5, 5.41) is 4.17. The van der Waals surface area contributed by atoms with Crippen LogP contribution in [0.3, 0.4) is 0 Å². The highest BCUT2D eigenvalue weighted by atomic mass is 32.2. The molecule has 0 spiro atoms. The number of pyridine rings is 1. The third kappa shape index (κ3) is 4.88. The summed E-state index contributed by atoms with van der Waals surface area (Å²) in [6.07, 6.45) is 1.34. The number of rotatable bonds is 6. The van der Waals surface area contributed by atoms with Gasteiger partial charge >= 0.3 is 0 Å². The quantitative estimate of drug-likeness (QED) is 0.413. The molecule has 2 aromatic heterocycles. The summed E-state index contributed by atoms with van der Waals surface area (Å²) in [5.41, 5.74) is 1.69. The SMILES string of the molecule is Cn1c(C(=O)N2CCNCC2)cc2ccc(Oc3ccc(NS(=O)(=O)c4ccc(F)cc4)cn3)cc21. The lowest BCUT2D eigenvalue weighted by atomic mass is 10.2. The number of amides is 1. The molecule has 0 aliphatic carbocycles. The number of carbonyl (C=O) groups excluding carboxylic acids is 1. The van der Waals surface area contributed by atoms with Gasteiger partial charge in [0.1, 0.15) is 17.3 Å². The van der Waals surface area contributed by atoms with Crippen molar-refractivity contribution in [2.24, 2.45) is 7.05 Å². The minimum Gasteiger partial charge on any atom is -0.439 e. The minimum atomic E-state index is -3.88. The van der Waals surface area contributed by atoms with Gasteiger partial charge in [0, 0.05) is 50.7 Å². The van der Waals surface area contributed by atoms with E-state index in [1.807, 2.05) is 34.7 Å². The maximum Gasteiger partial charge on any atom is 0.270 e. The van der Waals surface area contributed by atoms with Crippen molar-refractivity contribution in [3.63, 3.8) is 0 Å². The van der Waals surface area contributed by atoms with Crippen LogP contribution in [0, 0.1) is 5.82 Å². The van der Waals surface area contributed by atoms with Crippen molar-refractivity contribution < 1.29 is 22.3 Å². The molecule has 11 heteroatoms. The Hall–Kier alpha value is -3.96. The number of sulfonamides is 1. The van der Waals surface area contributed by atoms with Crippen molar-refractivity contribution in [1.29, 1.82) is 0 Å². The average molecular weight is 510 g/mol. The number of aryl methyl sites for hydroxylation is 1. The predicted octanol–water partition coefficient (Wildman–Crippen LogP) is 3.35. The lowest BCUT2D eigenvalue weighted by molar-refractivity contribution is 0.0726. The van der Waals surface area contributed by atoms with E-state index in [4.69, 9.17) is 4.74 Å². The van der Waals surface area contributed by atoms with Crippen LogP contribution in [0.15, 0.2) is 71.8 Å². The van der Waals surface area contributed by atoms with Crippen molar-refractivity contribution >= 4 is 32.5 Å². The minimum absolute atomic E-state index is 0.00184. The van der Waals surface area contributed by atoms with E-state index in [9.17, 15) is 17.6 Å². The smallest absolute Gasteiger partial charge is 0.270 e. The maximum absolute atomic E-state index is 13.1. The van der Waals surface area contributed by atoms with E-state index < -0.39 is 15.8 Å². The van der Waals surface area contributed by atoms with Crippen LogP contribution in [-0.2, 0) is 17.1 Å². The fraction of sp³-hybridized carbons (Fsp3) is 0.200. The van der Waals surface area contributed by atoms with Gasteiger partial charge in [0.2, 0.25) is 5.88 Å². The van der Waals surface area contributed by atoms with Gasteiger partial charge in [0.25, 0.3) is 15.9 Å². The Morgan fingerprint density at radius 1 is 1.06 bits per heavy atom. The number of piperazine rings is 1. The van der Waals surface area contributed by atoms with E-state index in [0.717, 1.165) is 36.1 Å². The summed E-state index contributed by atoms with van der Waals surface area (Å²) in [4.78, 5) is 18.9. The van der Waals surface area contributed by atoms with Crippen molar-refractivity contribution in [2.75, 3.05) is 30.9 Å². The molecular formula is C25H24FN5O4S. The monoisotopic (exact) mass is 509 g/mol. The summed E-state index contributed by atoms with van der Waals surface area (Å²) < 4.78 is 48.2. The van der Waals surface area contributed by atoms with Crippen molar-refractivity contribution in [3.05, 3.63) is 78.4 Å². The number of carbonyl (C=O) groups is 1. The Morgan fingerprint density at radius 2 is 1.81 bits per heavy atom. The van der Waals surface area contributed by atoms with E-state index in [1.54, 1.807) is 6.07 Å². The normalized spacial score (nSPS) is 14.1. The maximum atomic E-state index is 13.1. The van der Waals surface area contributed by atoms with Crippen LogP contribution in [0.1, 0.15) is 10.5 Å². The van der Waals surface area contributed by atoms with Gasteiger partial charge in [-0.05, 0) is 48.5 Å². The van der Waals surface area contributed by atoms with E-state index >= 15 is 0 Å². The van der Waals surface area contributed by atoms with Crippen molar-refractivity contribution in [2.45, 2.75) is 4.90 Å². The molecule has 0 saturated carbocycles. The van der Waals surface area contributed by atoms with Crippen LogP contribution in [-0.4, -0.2) is 55.0 Å². The number of hydrogen-bond acceptors (Lipinski definition) is 6. The molecule has 1 aliphatic rings. The van der Waals surface area contributed by atoms with Gasteiger partial charge in [-0.15, -0.1) is 0 Å². The Balaban J connectivity index is 1.30. The number of benzene rings is 2. The second-order valence-corrected chi connectivity index (χ2v) is 10.1. The van der Waals surface area contributed by atoms with E-state index in [2.05, 4.69) is 15.0 Å². The molecule has 0 unspecified atom stereocenters. The van der Waals surface area contributed by atoms with Gasteiger partial charge in [-0.3, -0.25) is 9.52 Å². The third-order valence-corrected chi connectivity index (χ3v) is 7.37. The molecule has 1 aliphatic heterocycles. The third-order valence-electron chi connectivity index (χ3n) is 5.98. The van der Waals surface area contributed by atoms with Gasteiger partial charge in [0.15, 0.2) is 0 Å². The summed E-state index contributed by atoms with van der Waals surface area (Å²) in [5.74, 6) is 0.272. The molecule has 0 atom stereocenters. The van der Waals surface area contributed by atoms with Gasteiger partial charge < -0.3 is 19.5 Å². The number of fused-ring (bicyclic) bond motifs is 1. The Kier molecular flexibility index (Phi) is 6.33. The number of nitrogens with zero attached hydrogens (tertiary/aromatic N) is 3. The zero-order valence-electron chi connectivity index (χ0n) is 19.4. The van der Waals surface area contributed by atoms with E-state index in [0.29, 0.717) is 24.5 Å². The van der Waals surface area contributed by atoms with E-state index in [1.165, 1.54) is 30.5 Å². The van der Waals surface area contributed by atoms with Gasteiger partial charge in [-0.2, -0.15) is 0 Å². The molecule has 4 aromatic rings. The Morgan fingerprint density at radius 3 is 2.50 bits per heavy atom. The highest BCUT2D eigenvalue weighted by Gasteiger charge is 2.22. The van der Waals surface area contributed by atoms with Crippen LogP contribution in [0.4, 0.5) is 10.1 Å².